The summed E-state index contributed by atoms with van der Waals surface area (Å²) in [7, 11) is 0. The molecule has 1 N–H and O–H groups in total. The summed E-state index contributed by atoms with van der Waals surface area (Å²) in [6.45, 7) is 4.85. The number of hydrogen-bond acceptors (Lipinski definition) is 2. The van der Waals surface area contributed by atoms with Crippen molar-refractivity contribution in [3.63, 3.8) is 0 Å². The highest BCUT2D eigenvalue weighted by Crippen LogP contribution is 2.15. The summed E-state index contributed by atoms with van der Waals surface area (Å²) in [5.74, 6) is -0.0264. The molecule has 1 rings (SSSR count). The first-order valence-corrected chi connectivity index (χ1v) is 6.60. The second-order valence-electron chi connectivity index (χ2n) is 4.38. The fourth-order valence-electron chi connectivity index (χ4n) is 1.96. The molecular weight excluding hydrogens is 250 g/mol. The van der Waals surface area contributed by atoms with Crippen molar-refractivity contribution in [2.75, 3.05) is 19.7 Å². The number of rotatable bonds is 6. The van der Waals surface area contributed by atoms with Gasteiger partial charge in [0.15, 0.2) is 0 Å². The van der Waals surface area contributed by atoms with Crippen LogP contribution in [0.15, 0.2) is 24.3 Å². The van der Waals surface area contributed by atoms with Crippen molar-refractivity contribution in [1.82, 2.24) is 4.90 Å². The van der Waals surface area contributed by atoms with E-state index >= 15 is 0 Å². The summed E-state index contributed by atoms with van der Waals surface area (Å²) >= 11 is 5.92. The number of nitrogens with zero attached hydrogens (tertiary/aromatic N) is 1. The monoisotopic (exact) mass is 269 g/mol. The van der Waals surface area contributed by atoms with Crippen LogP contribution in [0.5, 0.6) is 0 Å². The quantitative estimate of drug-likeness (QED) is 0.861. The molecule has 4 heteroatoms. The van der Waals surface area contributed by atoms with Gasteiger partial charge in [-0.3, -0.25) is 4.79 Å². The first-order valence-electron chi connectivity index (χ1n) is 6.22. The van der Waals surface area contributed by atoms with Crippen molar-refractivity contribution in [2.45, 2.75) is 20.3 Å². The normalized spacial score (nSPS) is 12.2. The second kappa shape index (κ2) is 7.39. The van der Waals surface area contributed by atoms with Crippen molar-refractivity contribution in [1.29, 1.82) is 0 Å². The van der Waals surface area contributed by atoms with Crippen molar-refractivity contribution >= 4 is 17.5 Å². The van der Waals surface area contributed by atoms with Crippen LogP contribution in [0.4, 0.5) is 0 Å². The molecule has 18 heavy (non-hydrogen) atoms. The molecule has 0 aliphatic carbocycles. The molecule has 0 saturated carbocycles. The van der Waals surface area contributed by atoms with Crippen molar-refractivity contribution in [2.24, 2.45) is 5.92 Å². The van der Waals surface area contributed by atoms with Gasteiger partial charge in [-0.1, -0.05) is 30.7 Å². The highest BCUT2D eigenvalue weighted by molar-refractivity contribution is 6.30. The van der Waals surface area contributed by atoms with Crippen LogP contribution < -0.4 is 0 Å². The number of benzene rings is 1. The average Bonchev–Trinajstić information content (AvgIpc) is 2.35. The molecule has 0 aliphatic rings. The number of carbonyl (C=O) groups is 1. The van der Waals surface area contributed by atoms with Gasteiger partial charge in [0.2, 0.25) is 5.91 Å². The zero-order valence-electron chi connectivity index (χ0n) is 10.9. The molecule has 0 heterocycles. The molecule has 1 aromatic rings. The molecule has 100 valence electrons. The summed E-state index contributed by atoms with van der Waals surface area (Å²) in [4.78, 5) is 13.8. The summed E-state index contributed by atoms with van der Waals surface area (Å²) in [6, 6.07) is 7.56. The van der Waals surface area contributed by atoms with Gasteiger partial charge in [-0.25, -0.2) is 0 Å². The third kappa shape index (κ3) is 4.31. The van der Waals surface area contributed by atoms with Crippen LogP contribution in [0.3, 0.4) is 0 Å². The Hall–Kier alpha value is -1.06. The molecule has 3 nitrogen and oxygen atoms in total. The van der Waals surface area contributed by atoms with Gasteiger partial charge in [-0.15, -0.1) is 0 Å². The second-order valence-corrected chi connectivity index (χ2v) is 4.81. The molecule has 1 atom stereocenters. The van der Waals surface area contributed by atoms with Crippen molar-refractivity contribution < 1.29 is 9.90 Å². The van der Waals surface area contributed by atoms with Gasteiger partial charge in [0.05, 0.1) is 6.61 Å². The molecule has 1 amide bonds. The van der Waals surface area contributed by atoms with Crippen LogP contribution in [-0.4, -0.2) is 35.6 Å². The van der Waals surface area contributed by atoms with Gasteiger partial charge >= 0.3 is 0 Å². The highest BCUT2D eigenvalue weighted by atomic mass is 35.5. The molecule has 0 fully saturated rings. The van der Waals surface area contributed by atoms with E-state index in [0.717, 1.165) is 5.56 Å². The lowest BCUT2D eigenvalue weighted by molar-refractivity contribution is -0.135. The van der Waals surface area contributed by atoms with E-state index in [1.54, 1.807) is 4.90 Å². The van der Waals surface area contributed by atoms with Crippen LogP contribution in [0.1, 0.15) is 19.4 Å². The van der Waals surface area contributed by atoms with Crippen molar-refractivity contribution in [3.05, 3.63) is 34.9 Å². The lowest BCUT2D eigenvalue weighted by Gasteiger charge is -2.23. The SMILES string of the molecule is CCN(CCO)C(=O)C(C)Cc1cccc(Cl)c1. The maximum absolute atomic E-state index is 12.1. The topological polar surface area (TPSA) is 40.5 Å². The van der Waals surface area contributed by atoms with E-state index in [1.165, 1.54) is 0 Å². The Morgan fingerprint density at radius 2 is 2.22 bits per heavy atom. The zero-order chi connectivity index (χ0) is 13.5. The molecule has 0 aromatic heterocycles. The maximum Gasteiger partial charge on any atom is 0.225 e. The number of carbonyl (C=O) groups excluding carboxylic acids is 1. The fourth-order valence-corrected chi connectivity index (χ4v) is 2.17. The first-order chi connectivity index (χ1) is 8.58. The minimum absolute atomic E-state index is 0.00344. The van der Waals surface area contributed by atoms with E-state index in [2.05, 4.69) is 0 Å². The number of likely N-dealkylation sites (N-methyl/N-ethyl adjacent to an activating group) is 1. The van der Waals surface area contributed by atoms with E-state index in [0.29, 0.717) is 24.5 Å². The minimum atomic E-state index is -0.102. The summed E-state index contributed by atoms with van der Waals surface area (Å²) in [6.07, 6.45) is 0.668. The van der Waals surface area contributed by atoms with Crippen LogP contribution in [0.25, 0.3) is 0 Å². The Kier molecular flexibility index (Phi) is 6.16. The van der Waals surface area contributed by atoms with Gasteiger partial charge < -0.3 is 10.0 Å². The first kappa shape index (κ1) is 15.0. The third-order valence-corrected chi connectivity index (χ3v) is 3.15. The molecule has 0 spiro atoms. The van der Waals surface area contributed by atoms with Crippen LogP contribution in [-0.2, 0) is 11.2 Å². The Bertz CT molecular complexity index is 395. The number of hydrogen-bond donors (Lipinski definition) is 1. The molecule has 0 bridgehead atoms. The number of aliphatic hydroxyl groups is 1. The Labute approximate surface area is 113 Å². The van der Waals surface area contributed by atoms with E-state index in [1.807, 2.05) is 38.1 Å². The lowest BCUT2D eigenvalue weighted by Crippen LogP contribution is -2.37. The predicted molar refractivity (Wildman–Crippen MR) is 73.7 cm³/mol. The summed E-state index contributed by atoms with van der Waals surface area (Å²) in [5.41, 5.74) is 1.06. The van der Waals surface area contributed by atoms with Crippen LogP contribution in [0.2, 0.25) is 5.02 Å². The molecule has 0 saturated heterocycles. The van der Waals surface area contributed by atoms with Crippen molar-refractivity contribution in [3.8, 4) is 0 Å². The largest absolute Gasteiger partial charge is 0.395 e. The van der Waals surface area contributed by atoms with Gasteiger partial charge in [0, 0.05) is 24.0 Å². The Balaban J connectivity index is 2.64. The molecule has 1 unspecified atom stereocenters. The zero-order valence-corrected chi connectivity index (χ0v) is 11.7. The molecular formula is C14H20ClNO2. The molecule has 1 aromatic carbocycles. The number of amides is 1. The predicted octanol–water partition coefficient (Wildman–Crippen LogP) is 2.36. The van der Waals surface area contributed by atoms with E-state index in [9.17, 15) is 4.79 Å². The fraction of sp³-hybridized carbons (Fsp3) is 0.500. The van der Waals surface area contributed by atoms with Gasteiger partial charge in [0.25, 0.3) is 0 Å². The highest BCUT2D eigenvalue weighted by Gasteiger charge is 2.19. The van der Waals surface area contributed by atoms with E-state index < -0.39 is 0 Å². The third-order valence-electron chi connectivity index (χ3n) is 2.92. The average molecular weight is 270 g/mol. The number of halogens is 1. The van der Waals surface area contributed by atoms with Gasteiger partial charge in [0.1, 0.15) is 0 Å². The van der Waals surface area contributed by atoms with E-state index in [4.69, 9.17) is 16.7 Å². The lowest BCUT2D eigenvalue weighted by atomic mass is 10.00. The summed E-state index contributed by atoms with van der Waals surface area (Å²) in [5, 5.41) is 9.60. The minimum Gasteiger partial charge on any atom is -0.395 e. The standard InChI is InChI=1S/C14H20ClNO2/c1-3-16(7-8-17)14(18)11(2)9-12-5-4-6-13(15)10-12/h4-6,10-11,17H,3,7-9H2,1-2H3. The number of aliphatic hydroxyl groups excluding tert-OH is 1. The van der Waals surface area contributed by atoms with Crippen LogP contribution >= 0.6 is 11.6 Å². The molecule has 0 aliphatic heterocycles. The van der Waals surface area contributed by atoms with Crippen LogP contribution in [0, 0.1) is 5.92 Å². The summed E-state index contributed by atoms with van der Waals surface area (Å²) < 4.78 is 0. The van der Waals surface area contributed by atoms with Gasteiger partial charge in [-0.05, 0) is 31.0 Å². The molecule has 0 radical (unpaired) electrons. The smallest absolute Gasteiger partial charge is 0.225 e. The Morgan fingerprint density at radius 3 is 2.78 bits per heavy atom. The van der Waals surface area contributed by atoms with Gasteiger partial charge in [-0.2, -0.15) is 0 Å². The van der Waals surface area contributed by atoms with E-state index in [-0.39, 0.29) is 18.4 Å². The Morgan fingerprint density at radius 1 is 1.50 bits per heavy atom. The maximum atomic E-state index is 12.1.